The molecule has 0 heterocycles. The highest BCUT2D eigenvalue weighted by Crippen LogP contribution is 1.75. The minimum atomic E-state index is 0.622. The van der Waals surface area contributed by atoms with Crippen LogP contribution in [0.25, 0.3) is 0 Å². The van der Waals surface area contributed by atoms with Gasteiger partial charge < -0.3 is 5.11 Å². The first-order valence-electron chi connectivity index (χ1n) is 1.72. The quantitative estimate of drug-likeness (QED) is 0.395. The summed E-state index contributed by atoms with van der Waals surface area (Å²) in [6.45, 7) is 3.40. The van der Waals surface area contributed by atoms with Crippen LogP contribution in [0.4, 0.5) is 0 Å². The molecule has 0 atom stereocenters. The molecular formula is C5H7O. The fourth-order valence-corrected chi connectivity index (χ4v) is 0.136. The lowest BCUT2D eigenvalue weighted by Gasteiger charge is -1.68. The van der Waals surface area contributed by atoms with Crippen LogP contribution in [0.1, 0.15) is 6.42 Å². The first kappa shape index (κ1) is 5.28. The average molecular weight is 83.1 g/mol. The molecule has 0 rings (SSSR count). The van der Waals surface area contributed by atoms with Crippen molar-refractivity contribution in [2.45, 2.75) is 6.42 Å². The predicted octanol–water partition coefficient (Wildman–Crippen LogP) is 1.44. The fourth-order valence-electron chi connectivity index (χ4n) is 0.136. The fraction of sp³-hybridized carbons (Fsp3) is 0.200. The van der Waals surface area contributed by atoms with Gasteiger partial charge in [0.05, 0.1) is 6.26 Å². The molecule has 33 valence electrons. The Kier molecular flexibility index (Phi) is 3.77. The van der Waals surface area contributed by atoms with Crippen LogP contribution in [0.2, 0.25) is 0 Å². The molecule has 0 bridgehead atoms. The minimum absolute atomic E-state index is 0.622. The van der Waals surface area contributed by atoms with Gasteiger partial charge in [0.1, 0.15) is 0 Å². The van der Waals surface area contributed by atoms with Crippen molar-refractivity contribution in [2.24, 2.45) is 0 Å². The largest absolute Gasteiger partial charge is 0.515 e. The van der Waals surface area contributed by atoms with Crippen molar-refractivity contribution in [1.29, 1.82) is 0 Å². The second kappa shape index (κ2) is 4.28. The average Bonchev–Trinajstić information content (AvgIpc) is 1.61. The Morgan fingerprint density at radius 3 is 2.67 bits per heavy atom. The highest BCUT2D eigenvalue weighted by molar-refractivity contribution is 4.74. The molecule has 6 heavy (non-hydrogen) atoms. The van der Waals surface area contributed by atoms with Gasteiger partial charge in [0, 0.05) is 0 Å². The van der Waals surface area contributed by atoms with Gasteiger partial charge in [-0.3, -0.25) is 0 Å². The summed E-state index contributed by atoms with van der Waals surface area (Å²) in [6, 6.07) is 0. The van der Waals surface area contributed by atoms with Crippen LogP contribution in [-0.4, -0.2) is 5.11 Å². The SMILES string of the molecule is C=CC/[C]=C/O. The number of rotatable bonds is 2. The van der Waals surface area contributed by atoms with Gasteiger partial charge in [0.2, 0.25) is 0 Å². The number of aliphatic hydroxyl groups excluding tert-OH is 1. The zero-order valence-electron chi connectivity index (χ0n) is 3.52. The summed E-state index contributed by atoms with van der Waals surface area (Å²) in [5.41, 5.74) is 0. The van der Waals surface area contributed by atoms with Crippen LogP contribution in [0, 0.1) is 6.08 Å². The van der Waals surface area contributed by atoms with Gasteiger partial charge in [-0.1, -0.05) is 6.08 Å². The molecule has 0 aliphatic heterocycles. The molecule has 1 N–H and O–H groups in total. The molecular weight excluding hydrogens is 76.1 g/mol. The zero-order chi connectivity index (χ0) is 4.83. The first-order chi connectivity index (χ1) is 2.91. The summed E-state index contributed by atoms with van der Waals surface area (Å²) in [5.74, 6) is 0. The second-order valence-electron chi connectivity index (χ2n) is 0.826. The minimum Gasteiger partial charge on any atom is -0.515 e. The number of aliphatic hydroxyl groups is 1. The van der Waals surface area contributed by atoms with E-state index in [4.69, 9.17) is 5.11 Å². The third kappa shape index (κ3) is 3.28. The van der Waals surface area contributed by atoms with E-state index < -0.39 is 0 Å². The molecule has 0 unspecified atom stereocenters. The predicted molar refractivity (Wildman–Crippen MR) is 25.3 cm³/mol. The van der Waals surface area contributed by atoms with E-state index in [0.29, 0.717) is 6.42 Å². The smallest absolute Gasteiger partial charge is 0.0830 e. The van der Waals surface area contributed by atoms with E-state index in [0.717, 1.165) is 6.26 Å². The maximum Gasteiger partial charge on any atom is 0.0830 e. The van der Waals surface area contributed by atoms with Crippen molar-refractivity contribution in [3.63, 3.8) is 0 Å². The summed E-state index contributed by atoms with van der Waals surface area (Å²) in [5, 5.41) is 7.91. The molecule has 0 aromatic carbocycles. The van der Waals surface area contributed by atoms with E-state index in [9.17, 15) is 0 Å². The molecule has 0 aliphatic rings. The standard InChI is InChI=1S/C5H7O/c1-2-3-4-5-6/h2,5-6H,1,3H2. The van der Waals surface area contributed by atoms with Gasteiger partial charge in [-0.05, 0) is 12.5 Å². The highest BCUT2D eigenvalue weighted by Gasteiger charge is 1.60. The van der Waals surface area contributed by atoms with Gasteiger partial charge in [0.15, 0.2) is 0 Å². The van der Waals surface area contributed by atoms with Crippen LogP contribution in [-0.2, 0) is 0 Å². The molecule has 1 nitrogen and oxygen atoms in total. The van der Waals surface area contributed by atoms with Gasteiger partial charge in [-0.25, -0.2) is 0 Å². The summed E-state index contributed by atoms with van der Waals surface area (Å²) in [4.78, 5) is 0. The Balaban J connectivity index is 2.85. The lowest BCUT2D eigenvalue weighted by Crippen LogP contribution is -1.53. The first-order valence-corrected chi connectivity index (χ1v) is 1.72. The van der Waals surface area contributed by atoms with Gasteiger partial charge >= 0.3 is 0 Å². The Hall–Kier alpha value is -0.720. The Bertz CT molecular complexity index is 55.0. The molecule has 0 saturated heterocycles. The van der Waals surface area contributed by atoms with E-state index >= 15 is 0 Å². The lowest BCUT2D eigenvalue weighted by molar-refractivity contribution is 0.469. The van der Waals surface area contributed by atoms with Gasteiger partial charge in [-0.2, -0.15) is 0 Å². The van der Waals surface area contributed by atoms with E-state index in [-0.39, 0.29) is 0 Å². The Morgan fingerprint density at radius 1 is 1.83 bits per heavy atom. The van der Waals surface area contributed by atoms with Crippen LogP contribution >= 0.6 is 0 Å². The molecule has 0 spiro atoms. The normalized spacial score (nSPS) is 9.33. The van der Waals surface area contributed by atoms with E-state index in [1.807, 2.05) is 0 Å². The van der Waals surface area contributed by atoms with Crippen molar-refractivity contribution in [1.82, 2.24) is 0 Å². The van der Waals surface area contributed by atoms with E-state index in [1.54, 1.807) is 6.08 Å². The van der Waals surface area contributed by atoms with Crippen LogP contribution in [0.15, 0.2) is 18.9 Å². The molecule has 0 saturated carbocycles. The number of hydrogen-bond acceptors (Lipinski definition) is 1. The summed E-state index contributed by atoms with van der Waals surface area (Å²) in [6.07, 6.45) is 5.68. The molecule has 0 amide bonds. The summed E-state index contributed by atoms with van der Waals surface area (Å²) < 4.78 is 0. The highest BCUT2D eigenvalue weighted by atomic mass is 16.2. The number of hydrogen-bond donors (Lipinski definition) is 1. The van der Waals surface area contributed by atoms with Crippen molar-refractivity contribution in [3.8, 4) is 0 Å². The van der Waals surface area contributed by atoms with Crippen molar-refractivity contribution < 1.29 is 5.11 Å². The van der Waals surface area contributed by atoms with Gasteiger partial charge in [0.25, 0.3) is 0 Å². The molecule has 0 fully saturated rings. The monoisotopic (exact) mass is 83.0 g/mol. The zero-order valence-corrected chi connectivity index (χ0v) is 3.52. The topological polar surface area (TPSA) is 20.2 Å². The Morgan fingerprint density at radius 2 is 2.50 bits per heavy atom. The molecule has 1 heteroatoms. The Labute approximate surface area is 37.6 Å². The van der Waals surface area contributed by atoms with Crippen LogP contribution in [0.5, 0.6) is 0 Å². The maximum absolute atomic E-state index is 7.91. The summed E-state index contributed by atoms with van der Waals surface area (Å²) >= 11 is 0. The van der Waals surface area contributed by atoms with E-state index in [1.165, 1.54) is 0 Å². The molecule has 1 radical (unpaired) electrons. The van der Waals surface area contributed by atoms with Crippen LogP contribution in [0.3, 0.4) is 0 Å². The number of allylic oxidation sites excluding steroid dienone is 2. The van der Waals surface area contributed by atoms with Gasteiger partial charge in [-0.15, -0.1) is 6.58 Å². The lowest BCUT2D eigenvalue weighted by atomic mass is 10.4. The molecule has 0 aromatic heterocycles. The van der Waals surface area contributed by atoms with Crippen molar-refractivity contribution in [2.75, 3.05) is 0 Å². The maximum atomic E-state index is 7.91. The molecule has 0 aromatic rings. The van der Waals surface area contributed by atoms with E-state index in [2.05, 4.69) is 12.7 Å². The third-order valence-electron chi connectivity index (χ3n) is 0.353. The van der Waals surface area contributed by atoms with Crippen LogP contribution < -0.4 is 0 Å². The molecule has 0 aliphatic carbocycles. The summed E-state index contributed by atoms with van der Waals surface area (Å²) in [7, 11) is 0. The van der Waals surface area contributed by atoms with Crippen molar-refractivity contribution >= 4 is 0 Å². The second-order valence-corrected chi connectivity index (χ2v) is 0.826. The van der Waals surface area contributed by atoms with Crippen molar-refractivity contribution in [3.05, 3.63) is 25.0 Å². The third-order valence-corrected chi connectivity index (χ3v) is 0.353.